The Balaban J connectivity index is 0.000000243. The van der Waals surface area contributed by atoms with E-state index < -0.39 is 0 Å². The van der Waals surface area contributed by atoms with Gasteiger partial charge in [0.2, 0.25) is 0 Å². The Bertz CT molecular complexity index is 5500. The molecule has 0 heterocycles. The van der Waals surface area contributed by atoms with Crippen molar-refractivity contribution in [1.82, 2.24) is 0 Å². The first-order valence-corrected chi connectivity index (χ1v) is 59.8. The second-order valence-electron chi connectivity index (χ2n) is 52.1. The zero-order valence-electron chi connectivity index (χ0n) is 105. The topological polar surface area (TPSA) is 0 Å². The lowest BCUT2D eigenvalue weighted by Crippen LogP contribution is -2.08. The third kappa shape index (κ3) is 35.3. The van der Waals surface area contributed by atoms with Crippen molar-refractivity contribution >= 4 is 0 Å². The molecule has 0 aliphatic heterocycles. The van der Waals surface area contributed by atoms with Crippen LogP contribution in [-0.4, -0.2) is 0 Å². The van der Waals surface area contributed by atoms with Crippen molar-refractivity contribution < 1.29 is 0 Å². The maximum Gasteiger partial charge on any atom is -0.00199 e. The van der Waals surface area contributed by atoms with E-state index in [1.54, 1.807) is 33.4 Å². The molecule has 150 heavy (non-hydrogen) atoms. The summed E-state index contributed by atoms with van der Waals surface area (Å²) < 4.78 is 0. The number of hydrogen-bond acceptors (Lipinski definition) is 0. The van der Waals surface area contributed by atoms with Crippen molar-refractivity contribution in [2.75, 3.05) is 0 Å². The predicted octanol–water partition coefficient (Wildman–Crippen LogP) is 46.6. The molecule has 0 unspecified atom stereocenters. The standard InChI is InChI=1S/6C25H36/c2*1-16(2)22-11-9-20(14-24(22)18(5)6)13-21-10-12-23(17(3)4)25(15-21)19(7)8;2*1-16(2)22-13-9-11-20(24(22)18(5)6)15-21-12-10-14-23(17(3)4)25(21)19(7)8;2*1-16(2)22-13-12-20(15-24(22)18(5)6)14-21-10-9-11-23(17(3)4)25(21)19(7)8/h2*9-12,14-19H,13H2,1-8H3;2*9-14,16-19H,15H2,1-8H3;2*9-13,15-19H,14H2,1-8H3. The van der Waals surface area contributed by atoms with Gasteiger partial charge in [-0.25, -0.2) is 0 Å². The zero-order valence-corrected chi connectivity index (χ0v) is 105. The number of rotatable bonds is 36. The van der Waals surface area contributed by atoms with Crippen molar-refractivity contribution in [2.45, 2.75) is 513 Å². The highest BCUT2D eigenvalue weighted by Crippen LogP contribution is 2.43. The lowest BCUT2D eigenvalue weighted by Gasteiger charge is -2.24. The van der Waals surface area contributed by atoms with E-state index in [0.29, 0.717) is 142 Å². The quantitative estimate of drug-likeness (QED) is 0.0367. The van der Waals surface area contributed by atoms with Gasteiger partial charge in [-0.2, -0.15) is 0 Å². The van der Waals surface area contributed by atoms with Crippen molar-refractivity contribution in [3.63, 3.8) is 0 Å². The van der Waals surface area contributed by atoms with Gasteiger partial charge in [0.25, 0.3) is 0 Å². The third-order valence-electron chi connectivity index (χ3n) is 31.3. The maximum absolute atomic E-state index is 2.45. The summed E-state index contributed by atoms with van der Waals surface area (Å²) in [5, 5.41) is 0. The molecule has 12 rings (SSSR count). The van der Waals surface area contributed by atoms with Crippen molar-refractivity contribution in [1.29, 1.82) is 0 Å². The molecule has 816 valence electrons. The van der Waals surface area contributed by atoms with Gasteiger partial charge in [-0.05, 0) is 381 Å². The fraction of sp³-hybridized carbons (Fsp3) is 0.520. The molecular formula is C150H216. The van der Waals surface area contributed by atoms with Gasteiger partial charge in [0.15, 0.2) is 0 Å². The highest BCUT2D eigenvalue weighted by atomic mass is 14.3. The fourth-order valence-corrected chi connectivity index (χ4v) is 23.8. The molecule has 0 atom stereocenters. The normalized spacial score (nSPS) is 12.0. The maximum atomic E-state index is 2.45. The van der Waals surface area contributed by atoms with Gasteiger partial charge in [0.1, 0.15) is 0 Å². The van der Waals surface area contributed by atoms with Gasteiger partial charge in [-0.15, -0.1) is 0 Å². The highest BCUT2D eigenvalue weighted by Gasteiger charge is 2.27. The summed E-state index contributed by atoms with van der Waals surface area (Å²) in [7, 11) is 0. The van der Waals surface area contributed by atoms with E-state index in [0.717, 1.165) is 38.5 Å². The summed E-state index contributed by atoms with van der Waals surface area (Å²) in [4.78, 5) is 0. The van der Waals surface area contributed by atoms with E-state index in [1.807, 2.05) is 0 Å². The molecule has 0 nitrogen and oxygen atoms in total. The first-order chi connectivity index (χ1) is 70.3. The molecule has 0 saturated carbocycles. The monoisotopic (exact) mass is 2020 g/mol. The largest absolute Gasteiger partial charge is 0.0617 e. The van der Waals surface area contributed by atoms with E-state index in [-0.39, 0.29) is 0 Å². The SMILES string of the molecule is CC(C)c1ccc(Cc2ccc(C(C)C)c(C(C)C)c2)cc1C(C)C.CC(C)c1ccc(Cc2ccc(C(C)C)c(C(C)C)c2)cc1C(C)C.CC(C)c1ccc(Cc2cccc(C(C)C)c2C(C)C)cc1C(C)C.CC(C)c1ccc(Cc2cccc(C(C)C)c2C(C)C)cc1C(C)C.CC(C)c1cccc(Cc2cccc(C(C)C)c2C(C)C)c1C(C)C.CC(C)c1cccc(Cc2cccc(C(C)C)c2C(C)C)c1C(C)C. The molecule has 12 aromatic rings. The van der Waals surface area contributed by atoms with E-state index in [4.69, 9.17) is 0 Å². The molecule has 12 aromatic carbocycles. The first kappa shape index (κ1) is 128. The van der Waals surface area contributed by atoms with Crippen LogP contribution in [0.3, 0.4) is 0 Å². The Hall–Kier alpha value is -9.36. The summed E-state index contributed by atoms with van der Waals surface area (Å²) in [6, 6.07) is 84.1. The molecule has 0 saturated heterocycles. The molecular weight excluding hydrogens is 1800 g/mol. The lowest BCUT2D eigenvalue weighted by atomic mass is 9.81. The summed E-state index contributed by atoms with van der Waals surface area (Å²) >= 11 is 0. The Morgan fingerprint density at radius 1 is 0.100 bits per heavy atom. The van der Waals surface area contributed by atoms with Crippen LogP contribution < -0.4 is 0 Å². The van der Waals surface area contributed by atoms with E-state index >= 15 is 0 Å². The van der Waals surface area contributed by atoms with Crippen molar-refractivity contribution in [3.05, 3.63) is 419 Å². The van der Waals surface area contributed by atoms with Crippen LogP contribution >= 0.6 is 0 Å². The van der Waals surface area contributed by atoms with Crippen LogP contribution in [0.4, 0.5) is 0 Å². The summed E-state index contributed by atoms with van der Waals surface area (Å²) in [6.07, 6.45) is 6.20. The minimum absolute atomic E-state index is 0.560. The number of hydrogen-bond donors (Lipinski definition) is 0. The second kappa shape index (κ2) is 59.4. The summed E-state index contributed by atoms with van der Waals surface area (Å²) in [5.41, 5.74) is 54.1. The molecule has 0 bridgehead atoms. The summed E-state index contributed by atoms with van der Waals surface area (Å²) in [5.74, 6) is 13.8. The average molecular weight is 2020 g/mol. The molecule has 0 aliphatic rings. The van der Waals surface area contributed by atoms with Crippen molar-refractivity contribution in [2.24, 2.45) is 0 Å². The molecule has 0 fully saturated rings. The van der Waals surface area contributed by atoms with E-state index in [2.05, 4.69) is 551 Å². The minimum Gasteiger partial charge on any atom is -0.0617 e. The first-order valence-electron chi connectivity index (χ1n) is 59.8. The van der Waals surface area contributed by atoms with Crippen LogP contribution in [0.2, 0.25) is 0 Å². The van der Waals surface area contributed by atoms with Crippen LogP contribution in [0.15, 0.2) is 218 Å². The molecule has 0 aliphatic carbocycles. The predicted molar refractivity (Wildman–Crippen MR) is 672 cm³/mol. The smallest absolute Gasteiger partial charge is 0.00199 e. The van der Waals surface area contributed by atoms with Gasteiger partial charge in [0, 0.05) is 0 Å². The Kier molecular flexibility index (Phi) is 50.5. The van der Waals surface area contributed by atoms with Gasteiger partial charge < -0.3 is 0 Å². The summed E-state index contributed by atoms with van der Waals surface area (Å²) in [6.45, 7) is 111. The zero-order chi connectivity index (χ0) is 112. The van der Waals surface area contributed by atoms with Crippen LogP contribution in [0.25, 0.3) is 0 Å². The fourth-order valence-electron chi connectivity index (χ4n) is 23.8. The Labute approximate surface area is 925 Å². The van der Waals surface area contributed by atoms with Gasteiger partial charge in [-0.1, -0.05) is 551 Å². The van der Waals surface area contributed by atoms with E-state index in [9.17, 15) is 0 Å². The average Bonchev–Trinajstić information content (AvgIpc) is 0.794. The molecule has 0 spiro atoms. The molecule has 0 N–H and O–H groups in total. The van der Waals surface area contributed by atoms with Crippen LogP contribution in [0.1, 0.15) is 675 Å². The molecule has 0 heteroatoms. The third-order valence-corrected chi connectivity index (χ3v) is 31.3. The second-order valence-corrected chi connectivity index (χ2v) is 52.1. The Morgan fingerprint density at radius 3 is 0.327 bits per heavy atom. The Morgan fingerprint density at radius 2 is 0.213 bits per heavy atom. The highest BCUT2D eigenvalue weighted by molar-refractivity contribution is 5.53. The van der Waals surface area contributed by atoms with Gasteiger partial charge >= 0.3 is 0 Å². The lowest BCUT2D eigenvalue weighted by molar-refractivity contribution is 0.765. The molecule has 0 radical (unpaired) electrons. The minimum atomic E-state index is 0.560. The number of benzene rings is 12. The van der Waals surface area contributed by atoms with Crippen LogP contribution in [-0.2, 0) is 38.5 Å². The van der Waals surface area contributed by atoms with E-state index in [1.165, 1.54) is 167 Å². The molecule has 0 aromatic heterocycles. The van der Waals surface area contributed by atoms with Crippen LogP contribution in [0.5, 0.6) is 0 Å². The van der Waals surface area contributed by atoms with Gasteiger partial charge in [-0.3, -0.25) is 0 Å². The molecule has 0 amide bonds. The van der Waals surface area contributed by atoms with Crippen molar-refractivity contribution in [3.8, 4) is 0 Å². The van der Waals surface area contributed by atoms with Crippen LogP contribution in [0, 0.1) is 0 Å². The van der Waals surface area contributed by atoms with Gasteiger partial charge in [0.05, 0.1) is 0 Å².